The first-order chi connectivity index (χ1) is 11.6. The molecule has 1 unspecified atom stereocenters. The van der Waals surface area contributed by atoms with Gasteiger partial charge in [-0.25, -0.2) is 0 Å². The van der Waals surface area contributed by atoms with Crippen LogP contribution in [0, 0.1) is 13.8 Å². The van der Waals surface area contributed by atoms with Gasteiger partial charge in [-0.2, -0.15) is 0 Å². The molecule has 2 aromatic carbocycles. The summed E-state index contributed by atoms with van der Waals surface area (Å²) in [5.74, 6) is 0.892. The number of ether oxygens (including phenoxy) is 2. The molecule has 1 aliphatic heterocycles. The molecule has 1 fully saturated rings. The molecule has 0 radical (unpaired) electrons. The van der Waals surface area contributed by atoms with Gasteiger partial charge in [0, 0.05) is 12.1 Å². The van der Waals surface area contributed by atoms with Gasteiger partial charge in [0.25, 0.3) is 5.91 Å². The van der Waals surface area contributed by atoms with Crippen LogP contribution in [0.5, 0.6) is 5.75 Å². The Morgan fingerprint density at radius 1 is 1.17 bits per heavy atom. The first-order valence-electron chi connectivity index (χ1n) is 8.29. The number of nitrogens with zero attached hydrogens (tertiary/aromatic N) is 1. The van der Waals surface area contributed by atoms with Crippen LogP contribution < -0.4 is 4.74 Å². The lowest BCUT2D eigenvalue weighted by molar-refractivity contribution is -0.0401. The number of hydrogen-bond acceptors (Lipinski definition) is 3. The van der Waals surface area contributed by atoms with E-state index in [9.17, 15) is 4.79 Å². The first kappa shape index (κ1) is 16.5. The van der Waals surface area contributed by atoms with Gasteiger partial charge in [-0.05, 0) is 37.6 Å². The summed E-state index contributed by atoms with van der Waals surface area (Å²) >= 11 is 0. The molecule has 0 aliphatic carbocycles. The van der Waals surface area contributed by atoms with Gasteiger partial charge in [0.2, 0.25) is 0 Å². The van der Waals surface area contributed by atoms with Gasteiger partial charge in [0.1, 0.15) is 18.5 Å². The third-order valence-corrected chi connectivity index (χ3v) is 4.26. The van der Waals surface area contributed by atoms with Crippen LogP contribution in [0.1, 0.15) is 21.5 Å². The molecule has 0 bridgehead atoms. The Morgan fingerprint density at radius 3 is 2.67 bits per heavy atom. The Labute approximate surface area is 143 Å². The van der Waals surface area contributed by atoms with Gasteiger partial charge in [-0.15, -0.1) is 0 Å². The molecule has 1 saturated heterocycles. The molecule has 24 heavy (non-hydrogen) atoms. The van der Waals surface area contributed by atoms with E-state index in [-0.39, 0.29) is 12.0 Å². The minimum atomic E-state index is -0.104. The molecule has 4 nitrogen and oxygen atoms in total. The van der Waals surface area contributed by atoms with E-state index in [0.29, 0.717) is 26.3 Å². The van der Waals surface area contributed by atoms with Crippen molar-refractivity contribution >= 4 is 5.91 Å². The summed E-state index contributed by atoms with van der Waals surface area (Å²) in [6.45, 7) is 6.17. The third-order valence-electron chi connectivity index (χ3n) is 4.26. The molecule has 2 aromatic rings. The summed E-state index contributed by atoms with van der Waals surface area (Å²) in [6, 6.07) is 15.6. The summed E-state index contributed by atoms with van der Waals surface area (Å²) < 4.78 is 11.5. The van der Waals surface area contributed by atoms with E-state index in [1.54, 1.807) is 0 Å². The van der Waals surface area contributed by atoms with Crippen molar-refractivity contribution in [3.05, 3.63) is 65.2 Å². The van der Waals surface area contributed by atoms with Gasteiger partial charge in [0.05, 0.1) is 13.2 Å². The van der Waals surface area contributed by atoms with Crippen LogP contribution in [0.2, 0.25) is 0 Å². The monoisotopic (exact) mass is 325 g/mol. The Morgan fingerprint density at radius 2 is 1.92 bits per heavy atom. The van der Waals surface area contributed by atoms with Gasteiger partial charge < -0.3 is 14.4 Å². The van der Waals surface area contributed by atoms with Crippen LogP contribution in [0.15, 0.2) is 48.5 Å². The summed E-state index contributed by atoms with van der Waals surface area (Å²) in [5.41, 5.74) is 2.96. The van der Waals surface area contributed by atoms with Crippen LogP contribution >= 0.6 is 0 Å². The number of carbonyl (C=O) groups excluding carboxylic acids is 1. The number of aryl methyl sites for hydroxylation is 2. The van der Waals surface area contributed by atoms with Gasteiger partial charge in [-0.1, -0.05) is 35.9 Å². The predicted octanol–water partition coefficient (Wildman–Crippen LogP) is 3.22. The Balaban J connectivity index is 1.59. The largest absolute Gasteiger partial charge is 0.491 e. The van der Waals surface area contributed by atoms with Gasteiger partial charge in [0.15, 0.2) is 0 Å². The van der Waals surface area contributed by atoms with E-state index in [1.807, 2.05) is 67.3 Å². The molecule has 0 spiro atoms. The quantitative estimate of drug-likeness (QED) is 0.866. The minimum absolute atomic E-state index is 0.0664. The molecular weight excluding hydrogens is 302 g/mol. The number of morpholine rings is 1. The molecule has 126 valence electrons. The zero-order chi connectivity index (χ0) is 16.9. The fourth-order valence-corrected chi connectivity index (χ4v) is 2.81. The lowest BCUT2D eigenvalue weighted by Gasteiger charge is -2.33. The highest BCUT2D eigenvalue weighted by molar-refractivity contribution is 5.95. The van der Waals surface area contributed by atoms with Crippen molar-refractivity contribution in [2.24, 2.45) is 0 Å². The zero-order valence-electron chi connectivity index (χ0n) is 14.2. The maximum atomic E-state index is 12.7. The first-order valence-corrected chi connectivity index (χ1v) is 8.29. The van der Waals surface area contributed by atoms with Crippen molar-refractivity contribution in [3.63, 3.8) is 0 Å². The van der Waals surface area contributed by atoms with Crippen molar-refractivity contribution in [2.75, 3.05) is 26.3 Å². The van der Waals surface area contributed by atoms with E-state index in [4.69, 9.17) is 9.47 Å². The smallest absolute Gasteiger partial charge is 0.254 e. The van der Waals surface area contributed by atoms with E-state index >= 15 is 0 Å². The molecule has 0 aromatic heterocycles. The maximum absolute atomic E-state index is 12.7. The van der Waals surface area contributed by atoms with Gasteiger partial charge >= 0.3 is 0 Å². The Bertz CT molecular complexity index is 696. The fourth-order valence-electron chi connectivity index (χ4n) is 2.81. The molecule has 1 atom stereocenters. The van der Waals surface area contributed by atoms with Crippen LogP contribution in [0.25, 0.3) is 0 Å². The second kappa shape index (κ2) is 7.49. The molecule has 0 saturated carbocycles. The van der Waals surface area contributed by atoms with E-state index in [0.717, 1.165) is 16.9 Å². The zero-order valence-corrected chi connectivity index (χ0v) is 14.2. The van der Waals surface area contributed by atoms with Crippen LogP contribution in [0.3, 0.4) is 0 Å². The van der Waals surface area contributed by atoms with Crippen molar-refractivity contribution in [3.8, 4) is 5.75 Å². The Kier molecular flexibility index (Phi) is 5.16. The SMILES string of the molecule is Cc1ccc(OCC2CN(C(=O)c3ccccc3C)CCO2)cc1. The second-order valence-electron chi connectivity index (χ2n) is 6.18. The van der Waals surface area contributed by atoms with Crippen molar-refractivity contribution in [1.29, 1.82) is 0 Å². The molecular formula is C20H23NO3. The Hall–Kier alpha value is -2.33. The summed E-state index contributed by atoms with van der Waals surface area (Å²) in [6.07, 6.45) is -0.104. The van der Waals surface area contributed by atoms with E-state index in [2.05, 4.69) is 0 Å². The number of carbonyl (C=O) groups is 1. The van der Waals surface area contributed by atoms with E-state index in [1.165, 1.54) is 5.56 Å². The molecule has 4 heteroatoms. The van der Waals surface area contributed by atoms with Crippen LogP contribution in [-0.4, -0.2) is 43.2 Å². The minimum Gasteiger partial charge on any atom is -0.491 e. The average molecular weight is 325 g/mol. The highest BCUT2D eigenvalue weighted by Crippen LogP contribution is 2.16. The van der Waals surface area contributed by atoms with Gasteiger partial charge in [-0.3, -0.25) is 4.79 Å². The number of benzene rings is 2. The molecule has 1 aliphatic rings. The normalized spacial score (nSPS) is 17.6. The highest BCUT2D eigenvalue weighted by atomic mass is 16.5. The molecule has 3 rings (SSSR count). The standard InChI is InChI=1S/C20H23NO3/c1-15-7-9-17(10-8-15)24-14-18-13-21(11-12-23-18)20(22)19-6-4-3-5-16(19)2/h3-10,18H,11-14H2,1-2H3. The lowest BCUT2D eigenvalue weighted by atomic mass is 10.1. The van der Waals surface area contributed by atoms with Crippen molar-refractivity contribution in [2.45, 2.75) is 20.0 Å². The average Bonchev–Trinajstić information content (AvgIpc) is 2.61. The van der Waals surface area contributed by atoms with Crippen LogP contribution in [0.4, 0.5) is 0 Å². The van der Waals surface area contributed by atoms with Crippen LogP contribution in [-0.2, 0) is 4.74 Å². The van der Waals surface area contributed by atoms with Crippen molar-refractivity contribution < 1.29 is 14.3 Å². The lowest BCUT2D eigenvalue weighted by Crippen LogP contribution is -2.47. The third kappa shape index (κ3) is 3.95. The molecule has 1 amide bonds. The molecule has 0 N–H and O–H groups in total. The second-order valence-corrected chi connectivity index (χ2v) is 6.18. The predicted molar refractivity (Wildman–Crippen MR) is 93.5 cm³/mol. The topological polar surface area (TPSA) is 38.8 Å². The summed E-state index contributed by atoms with van der Waals surface area (Å²) in [7, 11) is 0. The summed E-state index contributed by atoms with van der Waals surface area (Å²) in [4.78, 5) is 14.6. The maximum Gasteiger partial charge on any atom is 0.254 e. The summed E-state index contributed by atoms with van der Waals surface area (Å²) in [5, 5.41) is 0. The van der Waals surface area contributed by atoms with E-state index < -0.39 is 0 Å². The molecule has 1 heterocycles. The highest BCUT2D eigenvalue weighted by Gasteiger charge is 2.26. The fraction of sp³-hybridized carbons (Fsp3) is 0.350. The number of rotatable bonds is 4. The number of amides is 1. The number of hydrogen-bond donors (Lipinski definition) is 0. The van der Waals surface area contributed by atoms with Crippen molar-refractivity contribution in [1.82, 2.24) is 4.90 Å².